The maximum Gasteiger partial charge on any atom is 0.307 e. The van der Waals surface area contributed by atoms with E-state index in [1.807, 2.05) is 11.8 Å². The van der Waals surface area contributed by atoms with Crippen molar-refractivity contribution in [2.75, 3.05) is 13.1 Å². The van der Waals surface area contributed by atoms with Gasteiger partial charge in [-0.05, 0) is 32.7 Å². The van der Waals surface area contributed by atoms with Gasteiger partial charge >= 0.3 is 5.97 Å². The Bertz CT molecular complexity index is 263. The van der Waals surface area contributed by atoms with E-state index in [1.165, 1.54) is 0 Å². The molecule has 0 aliphatic carbocycles. The van der Waals surface area contributed by atoms with Crippen LogP contribution in [0.15, 0.2) is 0 Å². The summed E-state index contributed by atoms with van der Waals surface area (Å²) < 4.78 is 0. The lowest BCUT2D eigenvalue weighted by Gasteiger charge is -2.29. The number of Topliss-reactive ketones (excluding diaryl/α,β-unsaturated/α-hetero) is 1. The molecule has 4 nitrogen and oxygen atoms in total. The van der Waals surface area contributed by atoms with Crippen molar-refractivity contribution in [3.05, 3.63) is 0 Å². The summed E-state index contributed by atoms with van der Waals surface area (Å²) >= 11 is 0. The molecule has 0 saturated heterocycles. The summed E-state index contributed by atoms with van der Waals surface area (Å²) in [4.78, 5) is 24.2. The van der Waals surface area contributed by atoms with Gasteiger partial charge in [-0.1, -0.05) is 20.8 Å². The lowest BCUT2D eigenvalue weighted by atomic mass is 10.1. The van der Waals surface area contributed by atoms with E-state index in [2.05, 4.69) is 13.8 Å². The van der Waals surface area contributed by atoms with Crippen LogP contribution in [-0.2, 0) is 9.59 Å². The summed E-state index contributed by atoms with van der Waals surface area (Å²) in [5.74, 6) is -0.609. The van der Waals surface area contributed by atoms with Gasteiger partial charge in [-0.25, -0.2) is 0 Å². The lowest BCUT2D eigenvalue weighted by Crippen LogP contribution is -2.42. The van der Waals surface area contributed by atoms with Crippen LogP contribution < -0.4 is 0 Å². The number of carbonyl (C=O) groups excluding carboxylic acids is 1. The van der Waals surface area contributed by atoms with Crippen molar-refractivity contribution in [3.63, 3.8) is 0 Å². The number of carboxylic acid groups (broad SMARTS) is 1. The van der Waals surface area contributed by atoms with E-state index < -0.39 is 11.9 Å². The third kappa shape index (κ3) is 6.41. The van der Waals surface area contributed by atoms with Crippen LogP contribution in [-0.4, -0.2) is 40.9 Å². The Morgan fingerprint density at radius 2 is 1.71 bits per heavy atom. The molecule has 0 spiro atoms. The van der Waals surface area contributed by atoms with Gasteiger partial charge in [0.1, 0.15) is 5.78 Å². The number of hydrogen-bond acceptors (Lipinski definition) is 3. The number of aliphatic carboxylic acids is 1. The van der Waals surface area contributed by atoms with Crippen LogP contribution in [0.2, 0.25) is 0 Å². The molecule has 0 rings (SSSR count). The van der Waals surface area contributed by atoms with E-state index in [-0.39, 0.29) is 11.8 Å². The zero-order valence-corrected chi connectivity index (χ0v) is 11.6. The molecule has 0 aromatic heterocycles. The second-order valence-electron chi connectivity index (χ2n) is 5.20. The van der Waals surface area contributed by atoms with Crippen molar-refractivity contribution >= 4 is 11.8 Å². The average Bonchev–Trinajstić information content (AvgIpc) is 2.22. The Labute approximate surface area is 104 Å². The monoisotopic (exact) mass is 243 g/mol. The van der Waals surface area contributed by atoms with Crippen LogP contribution >= 0.6 is 0 Å². The van der Waals surface area contributed by atoms with Crippen molar-refractivity contribution < 1.29 is 14.7 Å². The van der Waals surface area contributed by atoms with Crippen LogP contribution in [0.4, 0.5) is 0 Å². The van der Waals surface area contributed by atoms with Crippen LogP contribution in [0.3, 0.4) is 0 Å². The number of ketones is 1. The van der Waals surface area contributed by atoms with Crippen molar-refractivity contribution in [1.29, 1.82) is 0 Å². The van der Waals surface area contributed by atoms with Gasteiger partial charge in [-0.15, -0.1) is 0 Å². The first-order chi connectivity index (χ1) is 7.75. The molecule has 0 heterocycles. The summed E-state index contributed by atoms with van der Waals surface area (Å²) in [5.41, 5.74) is 0. The Kier molecular flexibility index (Phi) is 7.04. The average molecular weight is 243 g/mol. The zero-order chi connectivity index (χ0) is 13.6. The fourth-order valence-corrected chi connectivity index (χ4v) is 1.55. The van der Waals surface area contributed by atoms with Gasteiger partial charge < -0.3 is 5.11 Å². The van der Waals surface area contributed by atoms with E-state index in [0.29, 0.717) is 12.5 Å². The summed E-state index contributed by atoms with van der Waals surface area (Å²) in [6, 6.07) is -0.199. The summed E-state index contributed by atoms with van der Waals surface area (Å²) in [6.07, 6.45) is 0.976. The molecule has 0 radical (unpaired) electrons. The number of hydrogen-bond donors (Lipinski definition) is 1. The first kappa shape index (κ1) is 16.1. The molecule has 4 heteroatoms. The number of rotatable bonds is 8. The summed E-state index contributed by atoms with van der Waals surface area (Å²) in [7, 11) is 0. The van der Waals surface area contributed by atoms with Gasteiger partial charge in [-0.2, -0.15) is 0 Å². The Morgan fingerprint density at radius 1 is 1.18 bits per heavy atom. The molecular weight excluding hydrogens is 218 g/mol. The maximum atomic E-state index is 11.4. The first-order valence-electron chi connectivity index (χ1n) is 6.23. The minimum absolute atomic E-state index is 0.0892. The lowest BCUT2D eigenvalue weighted by molar-refractivity contribution is -0.142. The fraction of sp³-hybridized carbons (Fsp3) is 0.846. The van der Waals surface area contributed by atoms with Crippen molar-refractivity contribution in [1.82, 2.24) is 4.90 Å². The maximum absolute atomic E-state index is 11.4. The molecule has 0 amide bonds. The molecular formula is C13H25NO3. The van der Waals surface area contributed by atoms with Gasteiger partial charge in [0.15, 0.2) is 0 Å². The molecule has 0 aliphatic heterocycles. The van der Waals surface area contributed by atoms with E-state index in [4.69, 9.17) is 5.11 Å². The molecule has 100 valence electrons. The van der Waals surface area contributed by atoms with Gasteiger partial charge in [0, 0.05) is 6.54 Å². The smallest absolute Gasteiger partial charge is 0.307 e. The van der Waals surface area contributed by atoms with Crippen molar-refractivity contribution in [2.24, 2.45) is 11.8 Å². The molecule has 1 N–H and O–H groups in total. The second kappa shape index (κ2) is 7.43. The van der Waals surface area contributed by atoms with E-state index in [9.17, 15) is 9.59 Å². The quantitative estimate of drug-likeness (QED) is 0.708. The van der Waals surface area contributed by atoms with Gasteiger partial charge in [0.2, 0.25) is 0 Å². The van der Waals surface area contributed by atoms with Crippen LogP contribution in [0.25, 0.3) is 0 Å². The highest BCUT2D eigenvalue weighted by Crippen LogP contribution is 2.10. The van der Waals surface area contributed by atoms with E-state index in [1.54, 1.807) is 13.8 Å². The standard InChI is InChI=1S/C13H25NO3/c1-9(2)6-7-14(11(4)12(5)15)8-10(3)13(16)17/h9-11H,6-8H2,1-5H3,(H,16,17). The molecule has 0 saturated carbocycles. The van der Waals surface area contributed by atoms with Crippen LogP contribution in [0.5, 0.6) is 0 Å². The largest absolute Gasteiger partial charge is 0.481 e. The summed E-state index contributed by atoms with van der Waals surface area (Å²) in [5, 5.41) is 8.92. The first-order valence-corrected chi connectivity index (χ1v) is 6.23. The Hall–Kier alpha value is -0.900. The van der Waals surface area contributed by atoms with Gasteiger partial charge in [0.05, 0.1) is 12.0 Å². The third-order valence-electron chi connectivity index (χ3n) is 3.06. The van der Waals surface area contributed by atoms with Gasteiger partial charge in [0.25, 0.3) is 0 Å². The van der Waals surface area contributed by atoms with Gasteiger partial charge in [-0.3, -0.25) is 14.5 Å². The zero-order valence-electron chi connectivity index (χ0n) is 11.6. The SMILES string of the molecule is CC(=O)C(C)N(CCC(C)C)CC(C)C(=O)O. The minimum Gasteiger partial charge on any atom is -0.481 e. The highest BCUT2D eigenvalue weighted by molar-refractivity contribution is 5.81. The predicted molar refractivity (Wildman–Crippen MR) is 68.0 cm³/mol. The number of carboxylic acids is 1. The predicted octanol–water partition coefficient (Wildman–Crippen LogP) is 2.03. The van der Waals surface area contributed by atoms with Crippen molar-refractivity contribution in [3.8, 4) is 0 Å². The number of nitrogens with zero attached hydrogens (tertiary/aromatic N) is 1. The second-order valence-corrected chi connectivity index (χ2v) is 5.20. The molecule has 0 fully saturated rings. The fourth-order valence-electron chi connectivity index (χ4n) is 1.55. The van der Waals surface area contributed by atoms with Crippen LogP contribution in [0.1, 0.15) is 41.0 Å². The highest BCUT2D eigenvalue weighted by Gasteiger charge is 2.22. The van der Waals surface area contributed by atoms with Crippen LogP contribution in [0, 0.1) is 11.8 Å². The van der Waals surface area contributed by atoms with Crippen molar-refractivity contribution in [2.45, 2.75) is 47.1 Å². The molecule has 0 aliphatic rings. The number of carbonyl (C=O) groups is 2. The highest BCUT2D eigenvalue weighted by atomic mass is 16.4. The van der Waals surface area contributed by atoms with E-state index in [0.717, 1.165) is 13.0 Å². The third-order valence-corrected chi connectivity index (χ3v) is 3.06. The summed E-state index contributed by atoms with van der Waals surface area (Å²) in [6.45, 7) is 10.5. The molecule has 0 aromatic rings. The Balaban J connectivity index is 4.49. The minimum atomic E-state index is -0.810. The molecule has 2 atom stereocenters. The topological polar surface area (TPSA) is 57.6 Å². The molecule has 17 heavy (non-hydrogen) atoms. The molecule has 2 unspecified atom stereocenters. The van der Waals surface area contributed by atoms with E-state index >= 15 is 0 Å². The Morgan fingerprint density at radius 3 is 2.06 bits per heavy atom. The normalized spacial score (nSPS) is 15.0. The molecule has 0 bridgehead atoms. The molecule has 0 aromatic carbocycles.